The Morgan fingerprint density at radius 2 is 1.09 bits per heavy atom. The van der Waals surface area contributed by atoms with Crippen molar-refractivity contribution in [3.63, 3.8) is 0 Å². The number of hydrogen-bond acceptors (Lipinski definition) is 2. The number of benzene rings is 2. The highest BCUT2D eigenvalue weighted by Gasteiger charge is 2.09. The van der Waals surface area contributed by atoms with Crippen LogP contribution < -0.4 is 4.74 Å². The molecule has 0 fully saturated rings. The Hall–Kier alpha value is -2.29. The molecule has 34 heavy (non-hydrogen) atoms. The first kappa shape index (κ1) is 28.0. The van der Waals surface area contributed by atoms with Gasteiger partial charge in [-0.1, -0.05) is 86.8 Å². The van der Waals surface area contributed by atoms with Gasteiger partial charge in [0.1, 0.15) is 5.75 Å². The van der Waals surface area contributed by atoms with Gasteiger partial charge in [0.05, 0.1) is 6.61 Å². The van der Waals surface area contributed by atoms with Crippen LogP contribution in [0, 0.1) is 27.7 Å². The van der Waals surface area contributed by atoms with E-state index in [1.54, 1.807) is 6.92 Å². The highest BCUT2D eigenvalue weighted by atomic mass is 16.5. The first-order valence-corrected chi connectivity index (χ1v) is 13.4. The molecule has 0 saturated carbocycles. The fourth-order valence-electron chi connectivity index (χ4n) is 4.75. The minimum absolute atomic E-state index is 0.179. The van der Waals surface area contributed by atoms with Crippen LogP contribution in [-0.2, 0) is 11.3 Å². The minimum Gasteiger partial charge on any atom is -0.494 e. The van der Waals surface area contributed by atoms with Crippen molar-refractivity contribution in [2.45, 2.75) is 105 Å². The lowest BCUT2D eigenvalue weighted by Gasteiger charge is -2.21. The third-order valence-electron chi connectivity index (χ3n) is 6.39. The highest BCUT2D eigenvalue weighted by molar-refractivity contribution is 5.73. The molecule has 0 aromatic heterocycles. The van der Waals surface area contributed by atoms with E-state index >= 15 is 0 Å². The molecule has 0 saturated heterocycles. The lowest BCUT2D eigenvalue weighted by atomic mass is 10.1. The molecule has 2 rings (SSSR count). The molecule has 188 valence electrons. The molecule has 0 spiro atoms. The lowest BCUT2D eigenvalue weighted by molar-refractivity contribution is -0.129. The van der Waals surface area contributed by atoms with Gasteiger partial charge in [0.2, 0.25) is 5.91 Å². The molecule has 2 aromatic rings. The van der Waals surface area contributed by atoms with Gasteiger partial charge in [0.15, 0.2) is 0 Å². The van der Waals surface area contributed by atoms with Gasteiger partial charge < -0.3 is 9.64 Å². The Labute approximate surface area is 208 Å². The maximum absolute atomic E-state index is 12.1. The zero-order chi connectivity index (χ0) is 24.8. The smallest absolute Gasteiger partial charge is 0.219 e. The maximum atomic E-state index is 12.1. The predicted molar refractivity (Wildman–Crippen MR) is 145 cm³/mol. The van der Waals surface area contributed by atoms with Gasteiger partial charge in [-0.15, -0.1) is 0 Å². The third kappa shape index (κ3) is 11.7. The zero-order valence-corrected chi connectivity index (χ0v) is 22.4. The average molecular weight is 466 g/mol. The van der Waals surface area contributed by atoms with Crippen LogP contribution in [0.25, 0.3) is 0 Å². The molecule has 0 aliphatic rings. The predicted octanol–water partition coefficient (Wildman–Crippen LogP) is 8.25. The second kappa shape index (κ2) is 15.6. The molecule has 0 bridgehead atoms. The van der Waals surface area contributed by atoms with Gasteiger partial charge >= 0.3 is 0 Å². The Morgan fingerprint density at radius 1 is 0.647 bits per heavy atom. The molecule has 0 unspecified atom stereocenters. The number of aryl methyl sites for hydroxylation is 4. The first-order valence-electron chi connectivity index (χ1n) is 13.4. The van der Waals surface area contributed by atoms with Crippen molar-refractivity contribution in [3.8, 4) is 5.75 Å². The average Bonchev–Trinajstić information content (AvgIpc) is 2.74. The summed E-state index contributed by atoms with van der Waals surface area (Å²) in [5.74, 6) is 1.19. The van der Waals surface area contributed by atoms with Crippen LogP contribution in [-0.4, -0.2) is 24.0 Å². The van der Waals surface area contributed by atoms with E-state index in [4.69, 9.17) is 4.74 Å². The van der Waals surface area contributed by atoms with Crippen LogP contribution in [0.4, 0.5) is 0 Å². The Morgan fingerprint density at radius 3 is 1.59 bits per heavy atom. The van der Waals surface area contributed by atoms with Crippen molar-refractivity contribution in [1.29, 1.82) is 0 Å². The fourth-order valence-corrected chi connectivity index (χ4v) is 4.75. The monoisotopic (exact) mass is 465 g/mol. The van der Waals surface area contributed by atoms with Crippen LogP contribution in [0.5, 0.6) is 5.75 Å². The van der Waals surface area contributed by atoms with E-state index in [1.807, 2.05) is 4.90 Å². The maximum Gasteiger partial charge on any atom is 0.219 e. The van der Waals surface area contributed by atoms with Crippen LogP contribution in [0.3, 0.4) is 0 Å². The molecule has 0 N–H and O–H groups in total. The van der Waals surface area contributed by atoms with Gasteiger partial charge in [-0.3, -0.25) is 4.79 Å². The number of amides is 1. The van der Waals surface area contributed by atoms with Crippen molar-refractivity contribution >= 4 is 5.91 Å². The molecule has 1 amide bonds. The van der Waals surface area contributed by atoms with Crippen molar-refractivity contribution in [1.82, 2.24) is 4.90 Å². The Kier molecular flexibility index (Phi) is 12.8. The summed E-state index contributed by atoms with van der Waals surface area (Å²) in [4.78, 5) is 14.1. The summed E-state index contributed by atoms with van der Waals surface area (Å²) in [5, 5.41) is 0. The SMILES string of the molecule is CC(=O)N(CCCCCCCCCCCCOc1cc(C)cc(C)c1)Cc1cc(C)cc(C)c1. The molecule has 2 aromatic carbocycles. The summed E-state index contributed by atoms with van der Waals surface area (Å²) >= 11 is 0. The van der Waals surface area contributed by atoms with E-state index in [9.17, 15) is 4.79 Å². The summed E-state index contributed by atoms with van der Waals surface area (Å²) in [7, 11) is 0. The van der Waals surface area contributed by atoms with Gasteiger partial charge in [-0.25, -0.2) is 0 Å². The largest absolute Gasteiger partial charge is 0.494 e. The van der Waals surface area contributed by atoms with Crippen LogP contribution in [0.1, 0.15) is 98.9 Å². The van der Waals surface area contributed by atoms with Gasteiger partial charge in [-0.2, -0.15) is 0 Å². The Balaban J connectivity index is 1.45. The number of carbonyl (C=O) groups excluding carboxylic acids is 1. The van der Waals surface area contributed by atoms with E-state index in [0.717, 1.165) is 38.3 Å². The molecular formula is C31H47NO2. The number of rotatable bonds is 16. The fraction of sp³-hybridized carbons (Fsp3) is 0.581. The third-order valence-corrected chi connectivity index (χ3v) is 6.39. The van der Waals surface area contributed by atoms with Gasteiger partial charge in [0, 0.05) is 20.0 Å². The normalized spacial score (nSPS) is 11.0. The number of hydrogen-bond donors (Lipinski definition) is 0. The number of ether oxygens (including phenoxy) is 1. The molecule has 0 heterocycles. The first-order chi connectivity index (χ1) is 16.3. The molecule has 3 nitrogen and oxygen atoms in total. The minimum atomic E-state index is 0.179. The van der Waals surface area contributed by atoms with E-state index < -0.39 is 0 Å². The summed E-state index contributed by atoms with van der Waals surface area (Å²) in [6, 6.07) is 13.0. The summed E-state index contributed by atoms with van der Waals surface area (Å²) in [5.41, 5.74) is 6.31. The number of carbonyl (C=O) groups is 1. The molecular weight excluding hydrogens is 418 g/mol. The molecule has 0 atom stereocenters. The molecule has 0 radical (unpaired) electrons. The van der Waals surface area contributed by atoms with Crippen molar-refractivity contribution in [3.05, 3.63) is 64.2 Å². The second-order valence-electron chi connectivity index (χ2n) is 10.1. The summed E-state index contributed by atoms with van der Waals surface area (Å²) in [6.07, 6.45) is 12.6. The van der Waals surface area contributed by atoms with Crippen molar-refractivity contribution < 1.29 is 9.53 Å². The lowest BCUT2D eigenvalue weighted by Crippen LogP contribution is -2.29. The Bertz CT molecular complexity index is 833. The second-order valence-corrected chi connectivity index (χ2v) is 10.1. The quantitative estimate of drug-likeness (QED) is 0.234. The topological polar surface area (TPSA) is 29.5 Å². The van der Waals surface area contributed by atoms with Gasteiger partial charge in [-0.05, 0) is 69.4 Å². The van der Waals surface area contributed by atoms with E-state index in [-0.39, 0.29) is 5.91 Å². The van der Waals surface area contributed by atoms with Crippen LogP contribution in [0.15, 0.2) is 36.4 Å². The summed E-state index contributed by atoms with van der Waals surface area (Å²) < 4.78 is 5.90. The van der Waals surface area contributed by atoms with Gasteiger partial charge in [0.25, 0.3) is 0 Å². The van der Waals surface area contributed by atoms with Crippen LogP contribution in [0.2, 0.25) is 0 Å². The number of nitrogens with zero attached hydrogens (tertiary/aromatic N) is 1. The zero-order valence-electron chi connectivity index (χ0n) is 22.4. The van der Waals surface area contributed by atoms with Crippen molar-refractivity contribution in [2.75, 3.05) is 13.2 Å². The summed E-state index contributed by atoms with van der Waals surface area (Å²) in [6.45, 7) is 12.6. The van der Waals surface area contributed by atoms with E-state index in [2.05, 4.69) is 64.1 Å². The van der Waals surface area contributed by atoms with Crippen molar-refractivity contribution in [2.24, 2.45) is 0 Å². The van der Waals surface area contributed by atoms with E-state index in [1.165, 1.54) is 79.2 Å². The molecule has 3 heteroatoms. The standard InChI is InChI=1S/C31H47NO2/c1-25-18-26(2)21-30(20-25)24-32(29(5)33)16-14-12-10-8-6-7-9-11-13-15-17-34-31-22-27(3)19-28(4)23-31/h18-23H,6-17,24H2,1-5H3. The molecule has 0 aliphatic carbocycles. The van der Waals surface area contributed by atoms with E-state index in [0.29, 0.717) is 0 Å². The highest BCUT2D eigenvalue weighted by Crippen LogP contribution is 2.17. The van der Waals surface area contributed by atoms with Crippen LogP contribution >= 0.6 is 0 Å². The molecule has 0 aliphatic heterocycles. The number of unbranched alkanes of at least 4 members (excludes halogenated alkanes) is 9.